The van der Waals surface area contributed by atoms with Crippen molar-refractivity contribution in [1.82, 2.24) is 9.88 Å². The highest BCUT2D eigenvalue weighted by molar-refractivity contribution is 5.09. The zero-order chi connectivity index (χ0) is 13.7. The van der Waals surface area contributed by atoms with Gasteiger partial charge in [-0.15, -0.1) is 0 Å². The zero-order valence-electron chi connectivity index (χ0n) is 11.7. The smallest absolute Gasteiger partial charge is 0.141 e. The van der Waals surface area contributed by atoms with Crippen molar-refractivity contribution in [2.24, 2.45) is 5.73 Å². The van der Waals surface area contributed by atoms with Crippen LogP contribution in [-0.4, -0.2) is 29.0 Å². The normalized spacial score (nSPS) is 16.8. The van der Waals surface area contributed by atoms with Crippen LogP contribution in [0.2, 0.25) is 0 Å². The van der Waals surface area contributed by atoms with Crippen LogP contribution in [0.5, 0.6) is 0 Å². The molecule has 0 bridgehead atoms. The second-order valence-electron chi connectivity index (χ2n) is 5.42. The number of aromatic nitrogens is 1. The molecule has 0 aromatic carbocycles. The quantitative estimate of drug-likeness (QED) is 0.786. The molecule has 1 unspecified atom stereocenters. The van der Waals surface area contributed by atoms with Gasteiger partial charge in [-0.3, -0.25) is 4.98 Å². The van der Waals surface area contributed by atoms with Crippen LogP contribution >= 0.6 is 0 Å². The molecule has 106 valence electrons. The lowest BCUT2D eigenvalue weighted by Gasteiger charge is -2.23. The maximum atomic E-state index is 12.8. The molecule has 1 aliphatic carbocycles. The van der Waals surface area contributed by atoms with Gasteiger partial charge in [0.2, 0.25) is 0 Å². The Morgan fingerprint density at radius 2 is 2.21 bits per heavy atom. The van der Waals surface area contributed by atoms with Crippen molar-refractivity contribution >= 4 is 0 Å². The predicted molar refractivity (Wildman–Crippen MR) is 75.2 cm³/mol. The van der Waals surface area contributed by atoms with E-state index in [2.05, 4.69) is 16.8 Å². The van der Waals surface area contributed by atoms with E-state index >= 15 is 0 Å². The number of nitrogens with zero attached hydrogens (tertiary/aromatic N) is 2. The average Bonchev–Trinajstić information content (AvgIpc) is 3.24. The second kappa shape index (κ2) is 6.96. The van der Waals surface area contributed by atoms with E-state index in [1.165, 1.54) is 44.5 Å². The lowest BCUT2D eigenvalue weighted by molar-refractivity contribution is 0.249. The van der Waals surface area contributed by atoms with Crippen molar-refractivity contribution in [2.75, 3.05) is 13.1 Å². The molecule has 1 atom stereocenters. The van der Waals surface area contributed by atoms with Crippen molar-refractivity contribution in [3.05, 3.63) is 29.8 Å². The number of nitrogens with two attached hydrogens (primary N) is 1. The number of pyridine rings is 1. The largest absolute Gasteiger partial charge is 0.323 e. The van der Waals surface area contributed by atoms with Crippen LogP contribution in [0.25, 0.3) is 0 Å². The lowest BCUT2D eigenvalue weighted by Crippen LogP contribution is -2.30. The van der Waals surface area contributed by atoms with Gasteiger partial charge in [-0.2, -0.15) is 0 Å². The third-order valence-corrected chi connectivity index (χ3v) is 3.72. The number of rotatable bonds is 8. The molecule has 1 aromatic rings. The highest BCUT2D eigenvalue weighted by atomic mass is 19.1. The van der Waals surface area contributed by atoms with E-state index in [4.69, 9.17) is 5.73 Å². The summed E-state index contributed by atoms with van der Waals surface area (Å²) in [5.74, 6) is -0.307. The molecule has 3 nitrogen and oxygen atoms in total. The molecule has 1 aromatic heterocycles. The Balaban J connectivity index is 1.80. The second-order valence-corrected chi connectivity index (χ2v) is 5.42. The number of hydrogen-bond donors (Lipinski definition) is 1. The maximum absolute atomic E-state index is 12.8. The van der Waals surface area contributed by atoms with Gasteiger partial charge in [-0.25, -0.2) is 4.39 Å². The molecule has 1 aliphatic rings. The van der Waals surface area contributed by atoms with Gasteiger partial charge < -0.3 is 10.6 Å². The Kier molecular flexibility index (Phi) is 5.28. The first-order valence-corrected chi connectivity index (χ1v) is 7.31. The number of halogens is 1. The van der Waals surface area contributed by atoms with E-state index in [1.807, 2.05) is 0 Å². The fourth-order valence-corrected chi connectivity index (χ4v) is 2.34. The van der Waals surface area contributed by atoms with Crippen LogP contribution in [0, 0.1) is 5.82 Å². The van der Waals surface area contributed by atoms with Crippen LogP contribution in [0.3, 0.4) is 0 Å². The van der Waals surface area contributed by atoms with E-state index in [-0.39, 0.29) is 11.9 Å². The van der Waals surface area contributed by atoms with Gasteiger partial charge in [0.25, 0.3) is 0 Å². The Morgan fingerprint density at radius 3 is 2.79 bits per heavy atom. The fourth-order valence-electron chi connectivity index (χ4n) is 2.34. The minimum absolute atomic E-state index is 0.0940. The van der Waals surface area contributed by atoms with Gasteiger partial charge in [-0.05, 0) is 44.4 Å². The topological polar surface area (TPSA) is 42.1 Å². The SMILES string of the molecule is CCCCN(CCC(N)c1ccc(F)cn1)C1CC1. The standard InChI is InChI=1S/C15H24FN3/c1-2-3-9-19(13-5-6-13)10-8-14(17)15-7-4-12(16)11-18-15/h4,7,11,13-14H,2-3,5-6,8-10,17H2,1H3. The van der Waals surface area contributed by atoms with Gasteiger partial charge in [0, 0.05) is 18.6 Å². The monoisotopic (exact) mass is 265 g/mol. The van der Waals surface area contributed by atoms with Gasteiger partial charge in [-0.1, -0.05) is 13.3 Å². The Bertz CT molecular complexity index is 375. The summed E-state index contributed by atoms with van der Waals surface area (Å²) in [4.78, 5) is 6.61. The van der Waals surface area contributed by atoms with Crippen LogP contribution in [0.1, 0.15) is 50.8 Å². The maximum Gasteiger partial charge on any atom is 0.141 e. The van der Waals surface area contributed by atoms with Crippen molar-refractivity contribution in [3.63, 3.8) is 0 Å². The summed E-state index contributed by atoms with van der Waals surface area (Å²) in [6, 6.07) is 3.80. The molecule has 0 spiro atoms. The predicted octanol–water partition coefficient (Wildman–Crippen LogP) is 2.88. The highest BCUT2D eigenvalue weighted by Crippen LogP contribution is 2.28. The van der Waals surface area contributed by atoms with E-state index in [1.54, 1.807) is 6.07 Å². The minimum Gasteiger partial charge on any atom is -0.323 e. The number of unbranched alkanes of at least 4 members (excludes halogenated alkanes) is 1. The van der Waals surface area contributed by atoms with E-state index in [9.17, 15) is 4.39 Å². The Morgan fingerprint density at radius 1 is 1.42 bits per heavy atom. The minimum atomic E-state index is -0.307. The summed E-state index contributed by atoms with van der Waals surface area (Å²) in [6.45, 7) is 4.41. The summed E-state index contributed by atoms with van der Waals surface area (Å²) in [5, 5.41) is 0. The van der Waals surface area contributed by atoms with Crippen LogP contribution in [0.4, 0.5) is 4.39 Å². The van der Waals surface area contributed by atoms with Gasteiger partial charge in [0.05, 0.1) is 11.9 Å². The molecule has 2 N–H and O–H groups in total. The third kappa shape index (κ3) is 4.55. The zero-order valence-corrected chi connectivity index (χ0v) is 11.7. The van der Waals surface area contributed by atoms with Crippen LogP contribution in [-0.2, 0) is 0 Å². The molecule has 1 saturated carbocycles. The molecule has 19 heavy (non-hydrogen) atoms. The molecule has 1 heterocycles. The molecule has 0 aliphatic heterocycles. The fraction of sp³-hybridized carbons (Fsp3) is 0.667. The van der Waals surface area contributed by atoms with E-state index in [0.717, 1.165) is 24.7 Å². The van der Waals surface area contributed by atoms with E-state index in [0.29, 0.717) is 0 Å². The molecule has 0 amide bonds. The summed E-state index contributed by atoms with van der Waals surface area (Å²) in [6.07, 6.45) is 7.26. The molecule has 2 rings (SSSR count). The first kappa shape index (κ1) is 14.4. The molecule has 4 heteroatoms. The van der Waals surface area contributed by atoms with E-state index < -0.39 is 0 Å². The molecule has 1 fully saturated rings. The first-order valence-electron chi connectivity index (χ1n) is 7.31. The molecular formula is C15H24FN3. The van der Waals surface area contributed by atoms with Crippen LogP contribution in [0.15, 0.2) is 18.3 Å². The summed E-state index contributed by atoms with van der Waals surface area (Å²) in [5.41, 5.74) is 6.92. The molecule has 0 radical (unpaired) electrons. The summed E-state index contributed by atoms with van der Waals surface area (Å²) < 4.78 is 12.8. The van der Waals surface area contributed by atoms with Crippen molar-refractivity contribution in [2.45, 2.75) is 51.1 Å². The Labute approximate surface area is 115 Å². The molecular weight excluding hydrogens is 241 g/mol. The lowest BCUT2D eigenvalue weighted by atomic mass is 10.1. The summed E-state index contributed by atoms with van der Waals surface area (Å²) in [7, 11) is 0. The van der Waals surface area contributed by atoms with Gasteiger partial charge >= 0.3 is 0 Å². The third-order valence-electron chi connectivity index (χ3n) is 3.72. The number of hydrogen-bond acceptors (Lipinski definition) is 3. The van der Waals surface area contributed by atoms with Gasteiger partial charge in [0.1, 0.15) is 5.82 Å². The van der Waals surface area contributed by atoms with Crippen LogP contribution < -0.4 is 5.73 Å². The highest BCUT2D eigenvalue weighted by Gasteiger charge is 2.28. The Hall–Kier alpha value is -1.00. The average molecular weight is 265 g/mol. The first-order chi connectivity index (χ1) is 9.20. The van der Waals surface area contributed by atoms with Gasteiger partial charge in [0.15, 0.2) is 0 Å². The van der Waals surface area contributed by atoms with Crippen molar-refractivity contribution in [3.8, 4) is 0 Å². The van der Waals surface area contributed by atoms with Crippen molar-refractivity contribution in [1.29, 1.82) is 0 Å². The molecule has 0 saturated heterocycles. The summed E-state index contributed by atoms with van der Waals surface area (Å²) >= 11 is 0. The van der Waals surface area contributed by atoms with Crippen molar-refractivity contribution < 1.29 is 4.39 Å².